The highest BCUT2D eigenvalue weighted by atomic mass is 16.5. The molecular weight excluding hydrogens is 408 g/mol. The summed E-state index contributed by atoms with van der Waals surface area (Å²) in [5.74, 6) is -1.70. The minimum Gasteiger partial charge on any atom is -0.452 e. The van der Waals surface area contributed by atoms with Crippen molar-refractivity contribution in [3.8, 4) is 0 Å². The molecule has 7 heteroatoms. The fraction of sp³-hybridized carbons (Fsp3) is 0.360. The van der Waals surface area contributed by atoms with Crippen LogP contribution in [0, 0.1) is 24.7 Å². The Morgan fingerprint density at radius 3 is 2.50 bits per heavy atom. The molecule has 3 amide bonds. The highest BCUT2D eigenvalue weighted by Gasteiger charge is 2.50. The summed E-state index contributed by atoms with van der Waals surface area (Å²) in [4.78, 5) is 51.6. The minimum absolute atomic E-state index is 0.175. The zero-order valence-corrected chi connectivity index (χ0v) is 18.2. The summed E-state index contributed by atoms with van der Waals surface area (Å²) in [5.41, 5.74) is 2.22. The molecule has 32 heavy (non-hydrogen) atoms. The Morgan fingerprint density at radius 2 is 1.75 bits per heavy atom. The van der Waals surface area contributed by atoms with Gasteiger partial charge in [0, 0.05) is 5.69 Å². The number of nitrogens with zero attached hydrogens (tertiary/aromatic N) is 1. The second kappa shape index (κ2) is 8.94. The number of carbonyl (C=O) groups excluding carboxylic acids is 4. The number of aryl methyl sites for hydroxylation is 1. The van der Waals surface area contributed by atoms with Crippen molar-refractivity contribution >= 4 is 35.1 Å². The number of esters is 1. The number of nitrogens with one attached hydrogen (secondary N) is 1. The third-order valence-corrected chi connectivity index (χ3v) is 6.20. The topological polar surface area (TPSA) is 92.8 Å². The van der Waals surface area contributed by atoms with E-state index < -0.39 is 18.5 Å². The summed E-state index contributed by atoms with van der Waals surface area (Å²) in [6.45, 7) is 3.60. The second-order valence-corrected chi connectivity index (χ2v) is 8.68. The van der Waals surface area contributed by atoms with Crippen molar-refractivity contribution in [3.63, 3.8) is 0 Å². The van der Waals surface area contributed by atoms with Crippen molar-refractivity contribution in [2.45, 2.75) is 33.1 Å². The van der Waals surface area contributed by atoms with Gasteiger partial charge in [-0.1, -0.05) is 30.7 Å². The molecule has 1 saturated heterocycles. The van der Waals surface area contributed by atoms with Gasteiger partial charge in [0.2, 0.25) is 11.8 Å². The predicted octanol–water partition coefficient (Wildman–Crippen LogP) is 3.72. The zero-order valence-electron chi connectivity index (χ0n) is 18.2. The number of rotatable bonds is 5. The van der Waals surface area contributed by atoms with Crippen LogP contribution in [0.5, 0.6) is 0 Å². The van der Waals surface area contributed by atoms with Gasteiger partial charge in [0.25, 0.3) is 5.91 Å². The van der Waals surface area contributed by atoms with Gasteiger partial charge in [0.05, 0.1) is 23.1 Å². The summed E-state index contributed by atoms with van der Waals surface area (Å²) < 4.78 is 5.13. The van der Waals surface area contributed by atoms with Crippen LogP contribution in [0.25, 0.3) is 0 Å². The van der Waals surface area contributed by atoms with Crippen molar-refractivity contribution in [3.05, 3.63) is 59.7 Å². The first kappa shape index (κ1) is 21.7. The maximum Gasteiger partial charge on any atom is 0.338 e. The van der Waals surface area contributed by atoms with E-state index in [0.29, 0.717) is 30.1 Å². The molecule has 4 rings (SSSR count). The molecule has 2 aromatic carbocycles. The summed E-state index contributed by atoms with van der Waals surface area (Å²) >= 11 is 0. The van der Waals surface area contributed by atoms with Gasteiger partial charge in [0.1, 0.15) is 0 Å². The number of hydrogen-bond donors (Lipinski definition) is 1. The SMILES string of the molecule is Cc1ccc(NC(=O)COC(=O)c2cccc(N3C(=O)[C@H]4C[C@@H](C)CC[C@H]4C3=O)c2)cc1. The average Bonchev–Trinajstić information content (AvgIpc) is 3.03. The number of fused-ring (bicyclic) bond motifs is 1. The van der Waals surface area contributed by atoms with Crippen molar-refractivity contribution in [2.75, 3.05) is 16.8 Å². The van der Waals surface area contributed by atoms with E-state index in [1.54, 1.807) is 24.3 Å². The van der Waals surface area contributed by atoms with Crippen LogP contribution in [0.3, 0.4) is 0 Å². The molecule has 0 unspecified atom stereocenters. The smallest absolute Gasteiger partial charge is 0.338 e. The lowest BCUT2D eigenvalue weighted by Gasteiger charge is -2.25. The normalized spacial score (nSPS) is 22.4. The van der Waals surface area contributed by atoms with Crippen LogP contribution in [0.15, 0.2) is 48.5 Å². The first-order valence-electron chi connectivity index (χ1n) is 10.8. The van der Waals surface area contributed by atoms with Gasteiger partial charge in [-0.25, -0.2) is 4.79 Å². The average molecular weight is 434 g/mol. The number of imide groups is 1. The van der Waals surface area contributed by atoms with Crippen molar-refractivity contribution in [2.24, 2.45) is 17.8 Å². The van der Waals surface area contributed by atoms with E-state index in [4.69, 9.17) is 4.74 Å². The summed E-state index contributed by atoms with van der Waals surface area (Å²) in [7, 11) is 0. The molecule has 0 bridgehead atoms. The molecule has 0 aromatic heterocycles. The Labute approximate surface area is 186 Å². The lowest BCUT2D eigenvalue weighted by atomic mass is 9.76. The van der Waals surface area contributed by atoms with Crippen LogP contribution in [-0.4, -0.2) is 30.3 Å². The number of carbonyl (C=O) groups is 4. The third kappa shape index (κ3) is 4.42. The van der Waals surface area contributed by atoms with Crippen molar-refractivity contribution < 1.29 is 23.9 Å². The van der Waals surface area contributed by atoms with Crippen LogP contribution in [0.2, 0.25) is 0 Å². The van der Waals surface area contributed by atoms with E-state index in [-0.39, 0.29) is 29.2 Å². The fourth-order valence-electron chi connectivity index (χ4n) is 4.46. The number of ether oxygens (including phenoxy) is 1. The summed E-state index contributed by atoms with van der Waals surface area (Å²) in [5, 5.41) is 2.66. The second-order valence-electron chi connectivity index (χ2n) is 8.68. The molecule has 1 heterocycles. The highest BCUT2D eigenvalue weighted by molar-refractivity contribution is 6.22. The summed E-state index contributed by atoms with van der Waals surface area (Å²) in [6, 6.07) is 13.5. The van der Waals surface area contributed by atoms with Crippen LogP contribution in [0.1, 0.15) is 42.1 Å². The molecule has 0 radical (unpaired) electrons. The highest BCUT2D eigenvalue weighted by Crippen LogP contribution is 2.42. The van der Waals surface area contributed by atoms with Gasteiger partial charge in [-0.15, -0.1) is 0 Å². The van der Waals surface area contributed by atoms with E-state index in [2.05, 4.69) is 12.2 Å². The Hall–Kier alpha value is -3.48. The standard InChI is InChI=1S/C25H26N2O5/c1-15-6-9-18(10-7-15)26-22(28)14-32-25(31)17-4-3-5-19(13-17)27-23(29)20-11-8-16(2)12-21(20)24(27)30/h3-7,9-10,13,16,20-21H,8,11-12,14H2,1-2H3,(H,26,28)/t16-,20+,21-/m0/s1. The Bertz CT molecular complexity index is 1060. The maximum atomic E-state index is 12.9. The molecule has 2 aliphatic rings. The summed E-state index contributed by atoms with van der Waals surface area (Å²) in [6.07, 6.45) is 2.36. The molecule has 1 aliphatic carbocycles. The van der Waals surface area contributed by atoms with Gasteiger partial charge >= 0.3 is 5.97 Å². The monoisotopic (exact) mass is 434 g/mol. The molecule has 1 N–H and O–H groups in total. The van der Waals surface area contributed by atoms with Gasteiger partial charge in [-0.05, 0) is 62.4 Å². The van der Waals surface area contributed by atoms with E-state index >= 15 is 0 Å². The Balaban J connectivity index is 1.41. The molecular formula is C25H26N2O5. The Kier molecular flexibility index (Phi) is 6.08. The lowest BCUT2D eigenvalue weighted by molar-refractivity contribution is -0.122. The molecule has 3 atom stereocenters. The van der Waals surface area contributed by atoms with E-state index in [1.165, 1.54) is 17.0 Å². The first-order valence-corrected chi connectivity index (χ1v) is 10.8. The molecule has 0 spiro atoms. The van der Waals surface area contributed by atoms with Gasteiger partial charge in [0.15, 0.2) is 6.61 Å². The quantitative estimate of drug-likeness (QED) is 0.572. The van der Waals surface area contributed by atoms with Gasteiger partial charge in [-0.3, -0.25) is 19.3 Å². The minimum atomic E-state index is -0.698. The predicted molar refractivity (Wildman–Crippen MR) is 119 cm³/mol. The number of anilines is 2. The van der Waals surface area contributed by atoms with Crippen LogP contribution in [-0.2, 0) is 19.1 Å². The van der Waals surface area contributed by atoms with Crippen LogP contribution in [0.4, 0.5) is 11.4 Å². The van der Waals surface area contributed by atoms with Crippen LogP contribution >= 0.6 is 0 Å². The maximum absolute atomic E-state index is 12.9. The van der Waals surface area contributed by atoms with Gasteiger partial charge in [-0.2, -0.15) is 0 Å². The molecule has 1 saturated carbocycles. The van der Waals surface area contributed by atoms with E-state index in [9.17, 15) is 19.2 Å². The molecule has 1 aliphatic heterocycles. The lowest BCUT2D eigenvalue weighted by Crippen LogP contribution is -2.31. The van der Waals surface area contributed by atoms with E-state index in [0.717, 1.165) is 12.0 Å². The molecule has 2 fully saturated rings. The molecule has 7 nitrogen and oxygen atoms in total. The number of hydrogen-bond acceptors (Lipinski definition) is 5. The van der Waals surface area contributed by atoms with E-state index in [1.807, 2.05) is 19.1 Å². The fourth-order valence-corrected chi connectivity index (χ4v) is 4.46. The zero-order chi connectivity index (χ0) is 22.8. The number of benzene rings is 2. The Morgan fingerprint density at radius 1 is 1.03 bits per heavy atom. The third-order valence-electron chi connectivity index (χ3n) is 6.20. The van der Waals surface area contributed by atoms with Gasteiger partial charge < -0.3 is 10.1 Å². The van der Waals surface area contributed by atoms with Crippen LogP contribution < -0.4 is 10.2 Å². The largest absolute Gasteiger partial charge is 0.452 e. The van der Waals surface area contributed by atoms with Crippen molar-refractivity contribution in [1.29, 1.82) is 0 Å². The molecule has 2 aromatic rings. The van der Waals surface area contributed by atoms with Crippen molar-refractivity contribution in [1.82, 2.24) is 0 Å². The first-order chi connectivity index (χ1) is 15.3. The molecule has 166 valence electrons. The number of amides is 3.